The number of anilines is 1. The van der Waals surface area contributed by atoms with Gasteiger partial charge in [0.05, 0.1) is 5.25 Å². The topological polar surface area (TPSA) is 103 Å². The molecule has 0 unspecified atom stereocenters. The van der Waals surface area contributed by atoms with Gasteiger partial charge in [-0.05, 0) is 37.6 Å². The van der Waals surface area contributed by atoms with E-state index in [4.69, 9.17) is 5.73 Å². The average Bonchev–Trinajstić information content (AvgIpc) is 3.02. The third-order valence-electron chi connectivity index (χ3n) is 3.67. The fourth-order valence-corrected chi connectivity index (χ4v) is 3.04. The summed E-state index contributed by atoms with van der Waals surface area (Å²) in [5.74, 6) is -0.635. The van der Waals surface area contributed by atoms with Crippen molar-refractivity contribution in [2.75, 3.05) is 5.32 Å². The van der Waals surface area contributed by atoms with Gasteiger partial charge in [0, 0.05) is 17.8 Å². The van der Waals surface area contributed by atoms with Gasteiger partial charge in [0.25, 0.3) is 0 Å². The van der Waals surface area contributed by atoms with Gasteiger partial charge in [-0.15, -0.1) is 10.2 Å². The molecule has 3 N–H and O–H groups in total. The van der Waals surface area contributed by atoms with E-state index in [0.717, 1.165) is 31.0 Å². The SMILES string of the molecule is CCCCCn1cnnc1S[C@@H](C)C(=O)Nc1ccc(C(N)=O)cc1. The van der Waals surface area contributed by atoms with Crippen molar-refractivity contribution in [2.24, 2.45) is 5.73 Å². The van der Waals surface area contributed by atoms with E-state index in [1.165, 1.54) is 11.8 Å². The Kier molecular flexibility index (Phi) is 7.00. The number of benzene rings is 1. The summed E-state index contributed by atoms with van der Waals surface area (Å²) in [6.45, 7) is 4.83. The number of aromatic nitrogens is 3. The number of nitrogens with two attached hydrogens (primary N) is 1. The van der Waals surface area contributed by atoms with Crippen LogP contribution in [0.1, 0.15) is 43.5 Å². The number of rotatable bonds is 9. The summed E-state index contributed by atoms with van der Waals surface area (Å²) < 4.78 is 1.98. The van der Waals surface area contributed by atoms with Crippen LogP contribution < -0.4 is 11.1 Å². The molecule has 0 radical (unpaired) electrons. The van der Waals surface area contributed by atoms with E-state index in [1.54, 1.807) is 30.6 Å². The van der Waals surface area contributed by atoms with Gasteiger partial charge in [-0.2, -0.15) is 0 Å². The van der Waals surface area contributed by atoms with E-state index in [2.05, 4.69) is 22.4 Å². The predicted octanol–water partition coefficient (Wildman–Crippen LogP) is 2.69. The number of nitrogens with zero attached hydrogens (tertiary/aromatic N) is 3. The number of carbonyl (C=O) groups excluding carboxylic acids is 2. The van der Waals surface area contributed by atoms with E-state index in [-0.39, 0.29) is 11.2 Å². The molecule has 1 heterocycles. The third-order valence-corrected chi connectivity index (χ3v) is 4.77. The molecule has 1 aromatic heterocycles. The largest absolute Gasteiger partial charge is 0.366 e. The zero-order chi connectivity index (χ0) is 18.2. The maximum Gasteiger partial charge on any atom is 0.248 e. The molecule has 0 aliphatic carbocycles. The van der Waals surface area contributed by atoms with Crippen molar-refractivity contribution in [3.05, 3.63) is 36.2 Å². The Labute approximate surface area is 151 Å². The lowest BCUT2D eigenvalue weighted by atomic mass is 10.2. The Balaban J connectivity index is 1.92. The average molecular weight is 361 g/mol. The van der Waals surface area contributed by atoms with E-state index in [9.17, 15) is 9.59 Å². The van der Waals surface area contributed by atoms with Crippen LogP contribution in [0.2, 0.25) is 0 Å². The van der Waals surface area contributed by atoms with Gasteiger partial charge in [-0.1, -0.05) is 31.5 Å². The van der Waals surface area contributed by atoms with Crippen LogP contribution in [0.5, 0.6) is 0 Å². The van der Waals surface area contributed by atoms with E-state index in [1.807, 2.05) is 11.5 Å². The molecule has 0 aliphatic heterocycles. The fraction of sp³-hybridized carbons (Fsp3) is 0.412. The molecule has 0 bridgehead atoms. The van der Waals surface area contributed by atoms with E-state index < -0.39 is 5.91 Å². The molecule has 134 valence electrons. The second kappa shape index (κ2) is 9.22. The molecule has 2 aromatic rings. The molecular weight excluding hydrogens is 338 g/mol. The maximum atomic E-state index is 12.3. The van der Waals surface area contributed by atoms with Gasteiger partial charge >= 0.3 is 0 Å². The summed E-state index contributed by atoms with van der Waals surface area (Å²) in [6, 6.07) is 6.48. The fourth-order valence-electron chi connectivity index (χ4n) is 2.19. The highest BCUT2D eigenvalue weighted by molar-refractivity contribution is 8.00. The number of carbonyl (C=O) groups is 2. The smallest absolute Gasteiger partial charge is 0.248 e. The molecule has 0 saturated heterocycles. The van der Waals surface area contributed by atoms with Crippen LogP contribution in [0.3, 0.4) is 0 Å². The van der Waals surface area contributed by atoms with Gasteiger partial charge in [0.15, 0.2) is 5.16 Å². The molecule has 0 spiro atoms. The molecule has 1 aromatic carbocycles. The molecule has 1 atom stereocenters. The van der Waals surface area contributed by atoms with Crippen molar-refractivity contribution in [1.29, 1.82) is 0 Å². The maximum absolute atomic E-state index is 12.3. The molecule has 8 heteroatoms. The second-order valence-electron chi connectivity index (χ2n) is 5.70. The number of unbranched alkanes of at least 4 members (excludes halogenated alkanes) is 2. The van der Waals surface area contributed by atoms with Crippen molar-refractivity contribution < 1.29 is 9.59 Å². The number of primary amides is 1. The number of nitrogens with one attached hydrogen (secondary N) is 1. The van der Waals surface area contributed by atoms with Gasteiger partial charge < -0.3 is 15.6 Å². The van der Waals surface area contributed by atoms with Gasteiger partial charge in [0.1, 0.15) is 6.33 Å². The highest BCUT2D eigenvalue weighted by atomic mass is 32.2. The van der Waals surface area contributed by atoms with Gasteiger partial charge in [0.2, 0.25) is 11.8 Å². The number of amides is 2. The lowest BCUT2D eigenvalue weighted by Crippen LogP contribution is -2.23. The molecule has 0 fully saturated rings. The lowest BCUT2D eigenvalue weighted by molar-refractivity contribution is -0.115. The Morgan fingerprint density at radius 3 is 2.64 bits per heavy atom. The van der Waals surface area contributed by atoms with Crippen LogP contribution in [-0.4, -0.2) is 31.8 Å². The van der Waals surface area contributed by atoms with E-state index >= 15 is 0 Å². The van der Waals surface area contributed by atoms with Crippen LogP contribution in [-0.2, 0) is 11.3 Å². The minimum absolute atomic E-state index is 0.139. The van der Waals surface area contributed by atoms with Gasteiger partial charge in [-0.3, -0.25) is 9.59 Å². The molecule has 0 saturated carbocycles. The number of hydrogen-bond acceptors (Lipinski definition) is 5. The summed E-state index contributed by atoms with van der Waals surface area (Å²) in [5, 5.41) is 11.3. The normalized spacial score (nSPS) is 11.9. The number of aryl methyl sites for hydroxylation is 1. The predicted molar refractivity (Wildman–Crippen MR) is 98.5 cm³/mol. The van der Waals surface area contributed by atoms with Crippen LogP contribution in [0.15, 0.2) is 35.7 Å². The van der Waals surface area contributed by atoms with Crippen molar-refractivity contribution in [3.63, 3.8) is 0 Å². The van der Waals surface area contributed by atoms with Crippen molar-refractivity contribution in [1.82, 2.24) is 14.8 Å². The van der Waals surface area contributed by atoms with Crippen LogP contribution in [0, 0.1) is 0 Å². The zero-order valence-electron chi connectivity index (χ0n) is 14.4. The monoisotopic (exact) mass is 361 g/mol. The first-order valence-corrected chi connectivity index (χ1v) is 9.14. The number of hydrogen-bond donors (Lipinski definition) is 2. The first-order valence-electron chi connectivity index (χ1n) is 8.26. The molecule has 2 rings (SSSR count). The summed E-state index contributed by atoms with van der Waals surface area (Å²) in [6.07, 6.45) is 5.07. The first-order chi connectivity index (χ1) is 12.0. The third kappa shape index (κ3) is 5.60. The molecular formula is C17H23N5O2S. The van der Waals surface area contributed by atoms with Crippen molar-refractivity contribution in [3.8, 4) is 0 Å². The summed E-state index contributed by atoms with van der Waals surface area (Å²) in [4.78, 5) is 23.4. The number of thioether (sulfide) groups is 1. The van der Waals surface area contributed by atoms with E-state index in [0.29, 0.717) is 11.3 Å². The molecule has 7 nitrogen and oxygen atoms in total. The highest BCUT2D eigenvalue weighted by Gasteiger charge is 2.18. The Morgan fingerprint density at radius 1 is 1.28 bits per heavy atom. The first kappa shape index (κ1) is 19.0. The zero-order valence-corrected chi connectivity index (χ0v) is 15.3. The highest BCUT2D eigenvalue weighted by Crippen LogP contribution is 2.22. The lowest BCUT2D eigenvalue weighted by Gasteiger charge is -2.12. The summed E-state index contributed by atoms with van der Waals surface area (Å²) in [5.41, 5.74) is 6.22. The molecule has 0 aliphatic rings. The summed E-state index contributed by atoms with van der Waals surface area (Å²) in [7, 11) is 0. The Morgan fingerprint density at radius 2 is 2.00 bits per heavy atom. The van der Waals surface area contributed by atoms with Crippen LogP contribution >= 0.6 is 11.8 Å². The molecule has 2 amide bonds. The Hall–Kier alpha value is -2.35. The second-order valence-corrected chi connectivity index (χ2v) is 7.01. The minimum Gasteiger partial charge on any atom is -0.366 e. The quantitative estimate of drug-likeness (QED) is 0.528. The van der Waals surface area contributed by atoms with Crippen molar-refractivity contribution >= 4 is 29.3 Å². The standard InChI is InChI=1S/C17H23N5O2S/c1-3-4-5-10-22-11-19-21-17(22)25-12(2)16(24)20-14-8-6-13(7-9-14)15(18)23/h6-9,11-12H,3-5,10H2,1-2H3,(H2,18,23)(H,20,24)/t12-/m0/s1. The Bertz CT molecular complexity index is 714. The summed E-state index contributed by atoms with van der Waals surface area (Å²) >= 11 is 1.37. The van der Waals surface area contributed by atoms with Gasteiger partial charge in [-0.25, -0.2) is 0 Å². The molecule has 25 heavy (non-hydrogen) atoms. The van der Waals surface area contributed by atoms with Crippen LogP contribution in [0.25, 0.3) is 0 Å². The van der Waals surface area contributed by atoms with Crippen LogP contribution in [0.4, 0.5) is 5.69 Å². The minimum atomic E-state index is -0.496. The van der Waals surface area contributed by atoms with Crippen molar-refractivity contribution in [2.45, 2.75) is 50.1 Å².